The highest BCUT2D eigenvalue weighted by molar-refractivity contribution is 9.10. The minimum Gasteiger partial charge on any atom is -0.483 e. The van der Waals surface area contributed by atoms with Gasteiger partial charge in [-0.2, -0.15) is 0 Å². The molecule has 31 heavy (non-hydrogen) atoms. The minimum atomic E-state index is -0.601. The summed E-state index contributed by atoms with van der Waals surface area (Å²) in [5.41, 5.74) is 3.30. The number of nitrogens with one attached hydrogen (secondary N) is 1. The van der Waals surface area contributed by atoms with Crippen molar-refractivity contribution in [3.05, 3.63) is 63.6 Å². The van der Waals surface area contributed by atoms with Gasteiger partial charge in [0, 0.05) is 13.1 Å². The molecule has 5 nitrogen and oxygen atoms in total. The molecule has 0 fully saturated rings. The first-order chi connectivity index (χ1) is 14.7. The van der Waals surface area contributed by atoms with Crippen LogP contribution in [0.1, 0.15) is 56.7 Å². The molecule has 0 saturated carbocycles. The van der Waals surface area contributed by atoms with Crippen molar-refractivity contribution >= 4 is 27.7 Å². The average molecular weight is 489 g/mol. The van der Waals surface area contributed by atoms with E-state index in [9.17, 15) is 9.59 Å². The van der Waals surface area contributed by atoms with Crippen LogP contribution in [0.3, 0.4) is 0 Å². The highest BCUT2D eigenvalue weighted by Crippen LogP contribution is 2.29. The zero-order valence-corrected chi connectivity index (χ0v) is 20.7. The zero-order chi connectivity index (χ0) is 23.0. The molecule has 0 aliphatic heterocycles. The number of rotatable bonds is 10. The molecule has 1 N–H and O–H groups in total. The molecule has 0 radical (unpaired) electrons. The summed E-state index contributed by atoms with van der Waals surface area (Å²) >= 11 is 3.53. The highest BCUT2D eigenvalue weighted by Gasteiger charge is 2.26. The van der Waals surface area contributed by atoms with Gasteiger partial charge < -0.3 is 15.0 Å². The van der Waals surface area contributed by atoms with Gasteiger partial charge in [0.15, 0.2) is 6.61 Å². The molecular weight excluding hydrogens is 456 g/mol. The van der Waals surface area contributed by atoms with Crippen molar-refractivity contribution in [2.75, 3.05) is 13.2 Å². The molecule has 0 aromatic heterocycles. The number of carbonyl (C=O) groups excluding carboxylic acids is 2. The van der Waals surface area contributed by atoms with Gasteiger partial charge in [-0.1, -0.05) is 56.7 Å². The number of nitrogens with zero attached hydrogens (tertiary/aromatic N) is 1. The molecule has 168 valence electrons. The molecule has 0 aliphatic rings. The Morgan fingerprint density at radius 2 is 1.77 bits per heavy atom. The Morgan fingerprint density at radius 1 is 1.10 bits per heavy atom. The maximum absolute atomic E-state index is 13.1. The second-order valence-corrected chi connectivity index (χ2v) is 8.96. The quantitative estimate of drug-likeness (QED) is 0.499. The Bertz CT molecular complexity index is 881. The summed E-state index contributed by atoms with van der Waals surface area (Å²) in [4.78, 5) is 27.2. The van der Waals surface area contributed by atoms with Crippen LogP contribution >= 0.6 is 15.9 Å². The van der Waals surface area contributed by atoms with Gasteiger partial charge in [0.2, 0.25) is 5.91 Å². The van der Waals surface area contributed by atoms with Crippen molar-refractivity contribution in [3.63, 3.8) is 0 Å². The number of aryl methyl sites for hydroxylation is 1. The van der Waals surface area contributed by atoms with Gasteiger partial charge in [-0.25, -0.2) is 0 Å². The van der Waals surface area contributed by atoms with Crippen LogP contribution in [-0.4, -0.2) is 35.9 Å². The molecule has 1 atom stereocenters. The van der Waals surface area contributed by atoms with E-state index < -0.39 is 6.04 Å². The molecule has 2 aromatic rings. The predicted molar refractivity (Wildman–Crippen MR) is 128 cm³/mol. The largest absolute Gasteiger partial charge is 0.483 e. The number of hydrogen-bond acceptors (Lipinski definition) is 3. The number of hydrogen-bond donors (Lipinski definition) is 1. The predicted octanol–water partition coefficient (Wildman–Crippen LogP) is 5.20. The first-order valence-corrected chi connectivity index (χ1v) is 11.6. The molecule has 0 unspecified atom stereocenters. The van der Waals surface area contributed by atoms with Crippen LogP contribution in [0, 0.1) is 6.92 Å². The summed E-state index contributed by atoms with van der Waals surface area (Å²) in [7, 11) is 0. The van der Waals surface area contributed by atoms with E-state index in [0.29, 0.717) is 24.8 Å². The molecule has 6 heteroatoms. The lowest BCUT2D eigenvalue weighted by molar-refractivity contribution is -0.142. The molecule has 2 amide bonds. The van der Waals surface area contributed by atoms with Gasteiger partial charge in [0.25, 0.3) is 5.91 Å². The molecule has 0 saturated heterocycles. The Hall–Kier alpha value is -2.34. The van der Waals surface area contributed by atoms with Crippen molar-refractivity contribution in [1.82, 2.24) is 10.2 Å². The third-order valence-electron chi connectivity index (χ3n) is 5.16. The number of benzene rings is 2. The first-order valence-electron chi connectivity index (χ1n) is 10.8. The maximum atomic E-state index is 13.1. The van der Waals surface area contributed by atoms with E-state index >= 15 is 0 Å². The topological polar surface area (TPSA) is 58.6 Å². The lowest BCUT2D eigenvalue weighted by atomic mass is 10.0. The van der Waals surface area contributed by atoms with Gasteiger partial charge in [0.05, 0.1) is 4.47 Å². The highest BCUT2D eigenvalue weighted by atomic mass is 79.9. The molecule has 0 bridgehead atoms. The number of amides is 2. The van der Waals surface area contributed by atoms with E-state index in [4.69, 9.17) is 4.74 Å². The van der Waals surface area contributed by atoms with Crippen molar-refractivity contribution in [2.45, 2.75) is 59.5 Å². The Labute approximate surface area is 194 Å². The zero-order valence-electron chi connectivity index (χ0n) is 19.1. The van der Waals surface area contributed by atoms with Crippen LogP contribution in [0.25, 0.3) is 0 Å². The fourth-order valence-corrected chi connectivity index (χ4v) is 3.60. The van der Waals surface area contributed by atoms with E-state index in [-0.39, 0.29) is 18.4 Å². The van der Waals surface area contributed by atoms with Gasteiger partial charge in [-0.05, 0) is 65.4 Å². The molecule has 2 aromatic carbocycles. The Morgan fingerprint density at radius 3 is 2.35 bits per heavy atom. The van der Waals surface area contributed by atoms with E-state index in [1.807, 2.05) is 56.3 Å². The summed E-state index contributed by atoms with van der Waals surface area (Å²) in [5.74, 6) is 0.611. The van der Waals surface area contributed by atoms with Crippen LogP contribution in [0.4, 0.5) is 0 Å². The average Bonchev–Trinajstić information content (AvgIpc) is 2.75. The van der Waals surface area contributed by atoms with Crippen LogP contribution in [0.5, 0.6) is 5.75 Å². The Kier molecular flexibility index (Phi) is 9.56. The van der Waals surface area contributed by atoms with Gasteiger partial charge >= 0.3 is 0 Å². The standard InChI is InChI=1S/C25H33BrN2O3/c1-6-13-27-25(30)19(5)28(15-20-9-7-18(4)8-10-20)24(29)16-31-23-12-11-21(17(2)3)14-22(23)26/h7-12,14,17,19H,6,13,15-16H2,1-5H3,(H,27,30)/t19-/m0/s1. The second-order valence-electron chi connectivity index (χ2n) is 8.11. The van der Waals surface area contributed by atoms with Crippen molar-refractivity contribution in [3.8, 4) is 5.75 Å². The number of halogens is 1. The lowest BCUT2D eigenvalue weighted by Gasteiger charge is -2.29. The Balaban J connectivity index is 2.14. The van der Waals surface area contributed by atoms with Crippen molar-refractivity contribution in [2.24, 2.45) is 0 Å². The SMILES string of the molecule is CCCNC(=O)[C@H](C)N(Cc1ccc(C)cc1)C(=O)COc1ccc(C(C)C)cc1Br. The monoisotopic (exact) mass is 488 g/mol. The van der Waals surface area contributed by atoms with Crippen LogP contribution in [0.2, 0.25) is 0 Å². The van der Waals surface area contributed by atoms with Gasteiger partial charge in [0.1, 0.15) is 11.8 Å². The maximum Gasteiger partial charge on any atom is 0.261 e. The summed E-state index contributed by atoms with van der Waals surface area (Å²) in [6.07, 6.45) is 0.841. The minimum absolute atomic E-state index is 0.142. The molecule has 0 heterocycles. The third-order valence-corrected chi connectivity index (χ3v) is 5.78. The molecule has 0 spiro atoms. The number of ether oxygens (including phenoxy) is 1. The van der Waals surface area contributed by atoms with Crippen molar-refractivity contribution in [1.29, 1.82) is 0 Å². The van der Waals surface area contributed by atoms with Crippen LogP contribution < -0.4 is 10.1 Å². The molecule has 2 rings (SSSR count). The summed E-state index contributed by atoms with van der Waals surface area (Å²) < 4.78 is 6.62. The summed E-state index contributed by atoms with van der Waals surface area (Å²) in [6.45, 7) is 10.8. The van der Waals surface area contributed by atoms with E-state index in [0.717, 1.165) is 22.0 Å². The normalized spacial score (nSPS) is 11.8. The van der Waals surface area contributed by atoms with E-state index in [1.165, 1.54) is 5.56 Å². The van der Waals surface area contributed by atoms with E-state index in [1.54, 1.807) is 11.8 Å². The van der Waals surface area contributed by atoms with E-state index in [2.05, 4.69) is 35.1 Å². The third kappa shape index (κ3) is 7.39. The number of carbonyl (C=O) groups is 2. The lowest BCUT2D eigenvalue weighted by Crippen LogP contribution is -2.49. The van der Waals surface area contributed by atoms with Gasteiger partial charge in [-0.3, -0.25) is 9.59 Å². The fraction of sp³-hybridized carbons (Fsp3) is 0.440. The van der Waals surface area contributed by atoms with Crippen molar-refractivity contribution < 1.29 is 14.3 Å². The van der Waals surface area contributed by atoms with Gasteiger partial charge in [-0.15, -0.1) is 0 Å². The molecular formula is C25H33BrN2O3. The second kappa shape index (κ2) is 11.9. The van der Waals surface area contributed by atoms with Crippen LogP contribution in [0.15, 0.2) is 46.9 Å². The fourth-order valence-electron chi connectivity index (χ4n) is 3.08. The molecule has 0 aliphatic carbocycles. The smallest absolute Gasteiger partial charge is 0.261 e. The summed E-state index contributed by atoms with van der Waals surface area (Å²) in [6, 6.07) is 13.2. The first kappa shape index (κ1) is 24.9. The summed E-state index contributed by atoms with van der Waals surface area (Å²) in [5, 5.41) is 2.88. The van der Waals surface area contributed by atoms with Crippen LogP contribution in [-0.2, 0) is 16.1 Å².